The molecule has 0 amide bonds. The highest BCUT2D eigenvalue weighted by Gasteiger charge is 2.02. The third-order valence-corrected chi connectivity index (χ3v) is 2.69. The Kier molecular flexibility index (Phi) is 4.61. The predicted octanol–water partition coefficient (Wildman–Crippen LogP) is 2.14. The molecule has 18 heavy (non-hydrogen) atoms. The molecule has 0 fully saturated rings. The van der Waals surface area contributed by atoms with E-state index in [-0.39, 0.29) is 6.10 Å². The largest absolute Gasteiger partial charge is 0.377 e. The molecule has 0 spiro atoms. The summed E-state index contributed by atoms with van der Waals surface area (Å²) in [6.45, 7) is 6.35. The monoisotopic (exact) mass is 245 g/mol. The maximum absolute atomic E-state index is 5.45. The van der Waals surface area contributed by atoms with Crippen molar-refractivity contribution in [3.8, 4) is 0 Å². The maximum atomic E-state index is 5.45. The SMILES string of the molecule is CCOC(C)CNCc1cnc2ccccc2n1. The second-order valence-corrected chi connectivity index (χ2v) is 4.25. The number of fused-ring (bicyclic) bond motifs is 1. The third-order valence-electron chi connectivity index (χ3n) is 2.69. The number of nitrogens with one attached hydrogen (secondary N) is 1. The van der Waals surface area contributed by atoms with Crippen molar-refractivity contribution >= 4 is 11.0 Å². The summed E-state index contributed by atoms with van der Waals surface area (Å²) in [7, 11) is 0. The van der Waals surface area contributed by atoms with Crippen molar-refractivity contribution in [2.24, 2.45) is 0 Å². The van der Waals surface area contributed by atoms with Crippen LogP contribution in [0.1, 0.15) is 19.5 Å². The van der Waals surface area contributed by atoms with Gasteiger partial charge in [-0.05, 0) is 26.0 Å². The normalized spacial score (nSPS) is 12.8. The van der Waals surface area contributed by atoms with E-state index in [1.165, 1.54) is 0 Å². The summed E-state index contributed by atoms with van der Waals surface area (Å²) in [5.74, 6) is 0. The van der Waals surface area contributed by atoms with Crippen LogP contribution in [0.3, 0.4) is 0 Å². The zero-order valence-electron chi connectivity index (χ0n) is 10.9. The van der Waals surface area contributed by atoms with Gasteiger partial charge in [0.25, 0.3) is 0 Å². The second-order valence-electron chi connectivity index (χ2n) is 4.25. The molecule has 0 saturated carbocycles. The van der Waals surface area contributed by atoms with Crippen LogP contribution in [0.15, 0.2) is 30.5 Å². The zero-order valence-corrected chi connectivity index (χ0v) is 10.9. The summed E-state index contributed by atoms with van der Waals surface area (Å²) in [4.78, 5) is 8.93. The number of ether oxygens (including phenoxy) is 1. The molecule has 0 aliphatic heterocycles. The van der Waals surface area contributed by atoms with Gasteiger partial charge in [0.1, 0.15) is 0 Å². The van der Waals surface area contributed by atoms with Crippen molar-refractivity contribution in [2.75, 3.05) is 13.2 Å². The molecule has 1 aromatic carbocycles. The van der Waals surface area contributed by atoms with E-state index in [1.807, 2.05) is 37.4 Å². The van der Waals surface area contributed by atoms with E-state index in [1.54, 1.807) is 0 Å². The molecule has 4 heteroatoms. The van der Waals surface area contributed by atoms with Crippen LogP contribution in [0.2, 0.25) is 0 Å². The standard InChI is InChI=1S/C14H19N3O/c1-3-18-11(2)8-15-9-12-10-16-13-6-4-5-7-14(13)17-12/h4-7,10-11,15H,3,8-9H2,1-2H3. The van der Waals surface area contributed by atoms with Crippen molar-refractivity contribution < 1.29 is 4.74 Å². The topological polar surface area (TPSA) is 47.0 Å². The van der Waals surface area contributed by atoms with Gasteiger partial charge in [0.15, 0.2) is 0 Å². The van der Waals surface area contributed by atoms with E-state index >= 15 is 0 Å². The van der Waals surface area contributed by atoms with E-state index in [4.69, 9.17) is 4.74 Å². The summed E-state index contributed by atoms with van der Waals surface area (Å²) in [5.41, 5.74) is 2.83. The number of nitrogens with zero attached hydrogens (tertiary/aromatic N) is 2. The van der Waals surface area contributed by atoms with Crippen molar-refractivity contribution in [1.29, 1.82) is 0 Å². The van der Waals surface area contributed by atoms with Gasteiger partial charge in [-0.2, -0.15) is 0 Å². The molecule has 2 rings (SSSR count). The van der Waals surface area contributed by atoms with Crippen LogP contribution in [0, 0.1) is 0 Å². The maximum Gasteiger partial charge on any atom is 0.0890 e. The highest BCUT2D eigenvalue weighted by molar-refractivity contribution is 5.73. The van der Waals surface area contributed by atoms with Gasteiger partial charge < -0.3 is 10.1 Å². The summed E-state index contributed by atoms with van der Waals surface area (Å²) in [6, 6.07) is 7.90. The molecule has 4 nitrogen and oxygen atoms in total. The lowest BCUT2D eigenvalue weighted by Crippen LogP contribution is -2.26. The second kappa shape index (κ2) is 6.42. The third kappa shape index (κ3) is 3.48. The van der Waals surface area contributed by atoms with Crippen LogP contribution >= 0.6 is 0 Å². The van der Waals surface area contributed by atoms with E-state index in [0.29, 0.717) is 0 Å². The molecule has 1 N–H and O–H groups in total. The lowest BCUT2D eigenvalue weighted by Gasteiger charge is -2.12. The van der Waals surface area contributed by atoms with Crippen LogP contribution < -0.4 is 5.32 Å². The number of hydrogen-bond donors (Lipinski definition) is 1. The lowest BCUT2D eigenvalue weighted by atomic mass is 10.3. The van der Waals surface area contributed by atoms with E-state index in [9.17, 15) is 0 Å². The predicted molar refractivity (Wildman–Crippen MR) is 72.3 cm³/mol. The number of aromatic nitrogens is 2. The Balaban J connectivity index is 1.91. The molecule has 1 atom stereocenters. The van der Waals surface area contributed by atoms with E-state index < -0.39 is 0 Å². The molecular formula is C14H19N3O. The highest BCUT2D eigenvalue weighted by atomic mass is 16.5. The summed E-state index contributed by atoms with van der Waals surface area (Å²) >= 11 is 0. The highest BCUT2D eigenvalue weighted by Crippen LogP contribution is 2.08. The average Bonchev–Trinajstić information content (AvgIpc) is 2.39. The minimum Gasteiger partial charge on any atom is -0.377 e. The lowest BCUT2D eigenvalue weighted by molar-refractivity contribution is 0.0759. The Morgan fingerprint density at radius 2 is 2.06 bits per heavy atom. The first kappa shape index (κ1) is 12.9. The Labute approximate surface area is 107 Å². The van der Waals surface area contributed by atoms with Crippen molar-refractivity contribution in [3.63, 3.8) is 0 Å². The smallest absolute Gasteiger partial charge is 0.0890 e. The number of hydrogen-bond acceptors (Lipinski definition) is 4. The quantitative estimate of drug-likeness (QED) is 0.847. The van der Waals surface area contributed by atoms with E-state index in [2.05, 4.69) is 22.2 Å². The molecule has 0 saturated heterocycles. The van der Waals surface area contributed by atoms with Gasteiger partial charge in [0.05, 0.1) is 29.0 Å². The number of benzene rings is 1. The van der Waals surface area contributed by atoms with Crippen molar-refractivity contribution in [2.45, 2.75) is 26.5 Å². The molecular weight excluding hydrogens is 226 g/mol. The number of para-hydroxylation sites is 2. The van der Waals surface area contributed by atoms with Gasteiger partial charge in [-0.25, -0.2) is 4.98 Å². The van der Waals surface area contributed by atoms with Gasteiger partial charge in [-0.15, -0.1) is 0 Å². The minimum atomic E-state index is 0.225. The Hall–Kier alpha value is -1.52. The average molecular weight is 245 g/mol. The Morgan fingerprint density at radius 3 is 2.83 bits per heavy atom. The Bertz CT molecular complexity index is 501. The molecule has 0 bridgehead atoms. The summed E-state index contributed by atoms with van der Waals surface area (Å²) in [6.07, 6.45) is 2.05. The molecule has 1 unspecified atom stereocenters. The Morgan fingerprint density at radius 1 is 1.28 bits per heavy atom. The van der Waals surface area contributed by atoms with Gasteiger partial charge >= 0.3 is 0 Å². The van der Waals surface area contributed by atoms with Gasteiger partial charge in [0.2, 0.25) is 0 Å². The van der Waals surface area contributed by atoms with Crippen molar-refractivity contribution in [1.82, 2.24) is 15.3 Å². The van der Waals surface area contributed by atoms with Crippen LogP contribution in [0.4, 0.5) is 0 Å². The van der Waals surface area contributed by atoms with Crippen LogP contribution in [-0.2, 0) is 11.3 Å². The molecule has 96 valence electrons. The van der Waals surface area contributed by atoms with Gasteiger partial charge in [0, 0.05) is 19.7 Å². The first-order valence-corrected chi connectivity index (χ1v) is 6.32. The molecule has 1 aromatic heterocycles. The molecule has 0 aliphatic rings. The van der Waals surface area contributed by atoms with Crippen LogP contribution in [0.5, 0.6) is 0 Å². The fraction of sp³-hybridized carbons (Fsp3) is 0.429. The summed E-state index contributed by atoms with van der Waals surface area (Å²) < 4.78 is 5.45. The molecule has 1 heterocycles. The molecule has 0 radical (unpaired) electrons. The molecule has 2 aromatic rings. The fourth-order valence-corrected chi connectivity index (χ4v) is 1.83. The first-order valence-electron chi connectivity index (χ1n) is 6.32. The minimum absolute atomic E-state index is 0.225. The van der Waals surface area contributed by atoms with Crippen molar-refractivity contribution in [3.05, 3.63) is 36.2 Å². The van der Waals surface area contributed by atoms with Crippen LogP contribution in [-0.4, -0.2) is 29.2 Å². The molecule has 0 aliphatic carbocycles. The number of rotatable bonds is 6. The van der Waals surface area contributed by atoms with E-state index in [0.717, 1.165) is 36.4 Å². The summed E-state index contributed by atoms with van der Waals surface area (Å²) in [5, 5.41) is 3.32. The van der Waals surface area contributed by atoms with Gasteiger partial charge in [-0.3, -0.25) is 4.98 Å². The zero-order chi connectivity index (χ0) is 12.8. The van der Waals surface area contributed by atoms with Crippen LogP contribution in [0.25, 0.3) is 11.0 Å². The fourth-order valence-electron chi connectivity index (χ4n) is 1.83. The van der Waals surface area contributed by atoms with Gasteiger partial charge in [-0.1, -0.05) is 12.1 Å². The first-order chi connectivity index (χ1) is 8.79.